The van der Waals surface area contributed by atoms with Crippen LogP contribution in [0, 0.1) is 6.42 Å². The van der Waals surface area contributed by atoms with Crippen LogP contribution in [0.4, 0.5) is 0 Å². The van der Waals surface area contributed by atoms with Gasteiger partial charge in [-0.1, -0.05) is 0 Å². The van der Waals surface area contributed by atoms with Crippen LogP contribution in [0.2, 0.25) is 17.2 Å². The van der Waals surface area contributed by atoms with Crippen molar-refractivity contribution in [2.45, 2.75) is 116 Å². The minimum atomic E-state index is -1.90. The van der Waals surface area contributed by atoms with Crippen LogP contribution >= 0.6 is 0 Å². The number of hydrogen-bond acceptors (Lipinski definition) is 0. The molecule has 0 bridgehead atoms. The molecule has 0 rings (SSSR count). The van der Waals surface area contributed by atoms with Crippen molar-refractivity contribution < 1.29 is 0 Å². The van der Waals surface area contributed by atoms with Crippen LogP contribution in [-0.4, -0.2) is 18.4 Å². The molecule has 1 atom stereocenters. The van der Waals surface area contributed by atoms with Crippen molar-refractivity contribution in [1.82, 2.24) is 0 Å². The molecule has 0 N–H and O–H groups in total. The first-order valence-electron chi connectivity index (χ1n) is 9.98. The molecule has 0 saturated carbocycles. The summed E-state index contributed by atoms with van der Waals surface area (Å²) in [5.74, 6) is 0. The molecule has 0 heterocycles. The fourth-order valence-electron chi connectivity index (χ4n) is 3.72. The van der Waals surface area contributed by atoms with Crippen LogP contribution in [-0.2, 0) is 0 Å². The van der Waals surface area contributed by atoms with E-state index in [-0.39, 0.29) is 0 Å². The molecule has 0 aliphatic carbocycles. The van der Waals surface area contributed by atoms with E-state index in [4.69, 9.17) is 0 Å². The van der Waals surface area contributed by atoms with Crippen LogP contribution in [0.15, 0.2) is 0 Å². The van der Waals surface area contributed by atoms with Crippen molar-refractivity contribution in [2.75, 3.05) is 0 Å². The molecule has 1 unspecified atom stereocenters. The van der Waals surface area contributed by atoms with E-state index in [1.807, 2.05) is 0 Å². The monoisotopic (exact) mass is 403 g/mol. The van der Waals surface area contributed by atoms with Gasteiger partial charge in [-0.3, -0.25) is 0 Å². The fraction of sp³-hybridized carbons (Fsp3) is 0.950. The number of unbranched alkanes of at least 4 members (excludes halogenated alkanes) is 6. The van der Waals surface area contributed by atoms with Crippen LogP contribution < -0.4 is 0 Å². The molecule has 0 nitrogen and oxygen atoms in total. The van der Waals surface area contributed by atoms with Gasteiger partial charge in [0.2, 0.25) is 0 Å². The molecule has 0 aromatic heterocycles. The Labute approximate surface area is 140 Å². The van der Waals surface area contributed by atoms with Gasteiger partial charge in [0, 0.05) is 0 Å². The van der Waals surface area contributed by atoms with Crippen molar-refractivity contribution in [3.63, 3.8) is 0 Å². The second-order valence-electron chi connectivity index (χ2n) is 7.23. The van der Waals surface area contributed by atoms with E-state index in [9.17, 15) is 0 Å². The standard InChI is InChI=1S/C8H16.3C4H9.Sn/c1-3-5-7-8-6-4-2;3*1-3-4-2;/h3,8H,4-7H2,1-2H3;3*1,3-4H2,2H3;. The molecular weight excluding hydrogens is 359 g/mol. The molecule has 0 aliphatic heterocycles. The van der Waals surface area contributed by atoms with Crippen molar-refractivity contribution >= 4 is 18.4 Å². The molecule has 0 amide bonds. The van der Waals surface area contributed by atoms with E-state index >= 15 is 0 Å². The summed E-state index contributed by atoms with van der Waals surface area (Å²) >= 11 is -1.90. The third kappa shape index (κ3) is 9.51. The molecule has 0 aromatic carbocycles. The van der Waals surface area contributed by atoms with Gasteiger partial charge in [-0.15, -0.1) is 0 Å². The maximum absolute atomic E-state index is 2.65. The maximum atomic E-state index is 2.65. The third-order valence-corrected chi connectivity index (χ3v) is 23.8. The summed E-state index contributed by atoms with van der Waals surface area (Å²) in [6.07, 6.45) is 16.9. The average molecular weight is 402 g/mol. The van der Waals surface area contributed by atoms with Gasteiger partial charge in [0.05, 0.1) is 0 Å². The minimum absolute atomic E-state index is 1.11. The Morgan fingerprint density at radius 3 is 1.57 bits per heavy atom. The zero-order chi connectivity index (χ0) is 16.0. The SMILES string of the molecule is CCC[CH]CC[CH](C)[Sn]([CH2]CCC)([CH2]CCC)[CH2]CCC. The summed E-state index contributed by atoms with van der Waals surface area (Å²) in [6.45, 7) is 12.1. The zero-order valence-electron chi connectivity index (χ0n) is 15.8. The van der Waals surface area contributed by atoms with Crippen molar-refractivity contribution in [3.05, 3.63) is 6.42 Å². The predicted octanol–water partition coefficient (Wildman–Crippen LogP) is 8.01. The van der Waals surface area contributed by atoms with Crippen LogP contribution in [0.3, 0.4) is 0 Å². The number of rotatable bonds is 15. The Balaban J connectivity index is 4.65. The molecule has 127 valence electrons. The summed E-state index contributed by atoms with van der Waals surface area (Å²) in [4.78, 5) is 0. The molecule has 1 heteroatoms. The normalized spacial score (nSPS) is 13.6. The summed E-state index contributed by atoms with van der Waals surface area (Å²) in [6, 6.07) is 0. The van der Waals surface area contributed by atoms with Crippen molar-refractivity contribution in [3.8, 4) is 0 Å². The quantitative estimate of drug-likeness (QED) is 0.192. The van der Waals surface area contributed by atoms with Crippen molar-refractivity contribution in [1.29, 1.82) is 0 Å². The van der Waals surface area contributed by atoms with E-state index in [2.05, 4.69) is 41.0 Å². The average Bonchev–Trinajstić information content (AvgIpc) is 2.51. The summed E-state index contributed by atoms with van der Waals surface area (Å²) in [5.41, 5.74) is 0. The molecule has 0 saturated heterocycles. The molecule has 1 radical (unpaired) electrons. The molecule has 0 aliphatic rings. The van der Waals surface area contributed by atoms with E-state index in [1.165, 1.54) is 64.2 Å². The van der Waals surface area contributed by atoms with Crippen LogP contribution in [0.1, 0.15) is 98.8 Å². The summed E-state index contributed by atoms with van der Waals surface area (Å²) in [7, 11) is 0. The first kappa shape index (κ1) is 21.8. The predicted molar refractivity (Wildman–Crippen MR) is 103 cm³/mol. The first-order chi connectivity index (χ1) is 10.2. The summed E-state index contributed by atoms with van der Waals surface area (Å²) in [5, 5.41) is 0. The van der Waals surface area contributed by atoms with E-state index < -0.39 is 18.4 Å². The van der Waals surface area contributed by atoms with Crippen LogP contribution in [0.25, 0.3) is 0 Å². The second-order valence-corrected chi connectivity index (χ2v) is 22.1. The second kappa shape index (κ2) is 14.4. The molecule has 0 aromatic rings. The van der Waals surface area contributed by atoms with E-state index in [1.54, 1.807) is 13.3 Å². The Morgan fingerprint density at radius 2 is 1.19 bits per heavy atom. The zero-order valence-corrected chi connectivity index (χ0v) is 18.7. The first-order valence-corrected chi connectivity index (χ1v) is 17.7. The van der Waals surface area contributed by atoms with Gasteiger partial charge in [0.1, 0.15) is 0 Å². The van der Waals surface area contributed by atoms with Gasteiger partial charge in [-0.05, 0) is 0 Å². The van der Waals surface area contributed by atoms with Gasteiger partial charge in [-0.25, -0.2) is 0 Å². The Bertz CT molecular complexity index is 190. The molecule has 0 spiro atoms. The van der Waals surface area contributed by atoms with Crippen molar-refractivity contribution in [2.24, 2.45) is 0 Å². The van der Waals surface area contributed by atoms with E-state index in [0.29, 0.717) is 0 Å². The van der Waals surface area contributed by atoms with Gasteiger partial charge >= 0.3 is 141 Å². The third-order valence-electron chi connectivity index (χ3n) is 5.43. The van der Waals surface area contributed by atoms with Crippen LogP contribution in [0.5, 0.6) is 0 Å². The van der Waals surface area contributed by atoms with Gasteiger partial charge < -0.3 is 0 Å². The molecular formula is C20H43Sn. The Morgan fingerprint density at radius 1 is 0.714 bits per heavy atom. The van der Waals surface area contributed by atoms with Gasteiger partial charge in [0.15, 0.2) is 0 Å². The fourth-order valence-corrected chi connectivity index (χ4v) is 21.4. The van der Waals surface area contributed by atoms with Gasteiger partial charge in [-0.2, -0.15) is 0 Å². The Hall–Kier alpha value is 0.799. The van der Waals surface area contributed by atoms with E-state index in [0.717, 1.165) is 3.93 Å². The molecule has 0 fully saturated rings. The Kier molecular flexibility index (Phi) is 14.9. The topological polar surface area (TPSA) is 0 Å². The summed E-state index contributed by atoms with van der Waals surface area (Å²) < 4.78 is 6.15. The number of hydrogen-bond donors (Lipinski definition) is 0. The van der Waals surface area contributed by atoms with Gasteiger partial charge in [0.25, 0.3) is 0 Å². The molecule has 21 heavy (non-hydrogen) atoms.